The van der Waals surface area contributed by atoms with Gasteiger partial charge in [0.2, 0.25) is 5.91 Å². The first-order valence-corrected chi connectivity index (χ1v) is 9.49. The van der Waals surface area contributed by atoms with Crippen molar-refractivity contribution in [3.63, 3.8) is 0 Å². The fourth-order valence-corrected chi connectivity index (χ4v) is 3.62. The number of para-hydroxylation sites is 1. The molecule has 1 aliphatic rings. The number of aliphatic carboxylic acids is 1. The third kappa shape index (κ3) is 4.76. The molecule has 0 aliphatic heterocycles. The second-order valence-electron chi connectivity index (χ2n) is 7.02. The van der Waals surface area contributed by atoms with Crippen LogP contribution in [0.15, 0.2) is 54.6 Å². The summed E-state index contributed by atoms with van der Waals surface area (Å²) in [7, 11) is 0. The average Bonchev–Trinajstić information content (AvgIpc) is 2.73. The minimum atomic E-state index is -1.19. The molecule has 0 saturated heterocycles. The second-order valence-corrected chi connectivity index (χ2v) is 7.02. The number of hydrogen-bond acceptors (Lipinski definition) is 4. The monoisotopic (exact) mass is 379 g/mol. The molecule has 0 heterocycles. The van der Waals surface area contributed by atoms with Crippen LogP contribution in [-0.2, 0) is 16.1 Å². The van der Waals surface area contributed by atoms with Crippen LogP contribution in [0, 0.1) is 11.8 Å². The number of amides is 2. The fourth-order valence-electron chi connectivity index (χ4n) is 3.62. The van der Waals surface area contributed by atoms with Gasteiger partial charge in [-0.3, -0.25) is 9.59 Å². The molecule has 2 atom stereocenters. The van der Waals surface area contributed by atoms with Crippen LogP contribution in [0.4, 0.5) is 5.69 Å². The van der Waals surface area contributed by atoms with Gasteiger partial charge in [-0.15, -0.1) is 0 Å². The minimum absolute atomic E-state index is 0.306. The number of rotatable bonds is 6. The molecule has 0 radical (unpaired) electrons. The molecule has 28 heavy (non-hydrogen) atoms. The van der Waals surface area contributed by atoms with Crippen molar-refractivity contribution in [1.29, 1.82) is 0 Å². The highest BCUT2D eigenvalue weighted by molar-refractivity contribution is 6.04. The van der Waals surface area contributed by atoms with Crippen LogP contribution in [0.1, 0.15) is 41.6 Å². The third-order valence-corrected chi connectivity index (χ3v) is 5.13. The van der Waals surface area contributed by atoms with Gasteiger partial charge in [0.05, 0.1) is 11.3 Å². The highest BCUT2D eigenvalue weighted by Gasteiger charge is 2.32. The predicted molar refractivity (Wildman–Crippen MR) is 103 cm³/mol. The summed E-state index contributed by atoms with van der Waals surface area (Å²) in [5.41, 5.74) is 1.68. The molecule has 0 spiro atoms. The van der Waals surface area contributed by atoms with E-state index in [2.05, 4.69) is 10.6 Å². The average molecular weight is 379 g/mol. The molecule has 2 amide bonds. The highest BCUT2D eigenvalue weighted by Crippen LogP contribution is 2.31. The quantitative estimate of drug-likeness (QED) is 0.803. The number of anilines is 1. The number of nitrogens with one attached hydrogen (secondary N) is 2. The van der Waals surface area contributed by atoms with Crippen LogP contribution >= 0.6 is 0 Å². The van der Waals surface area contributed by atoms with Crippen LogP contribution in [-0.4, -0.2) is 17.8 Å². The Hall–Kier alpha value is -3.15. The first-order valence-electron chi connectivity index (χ1n) is 9.49. The van der Waals surface area contributed by atoms with E-state index in [4.69, 9.17) is 0 Å². The Morgan fingerprint density at radius 3 is 2.25 bits per heavy atom. The molecule has 6 nitrogen and oxygen atoms in total. The molecule has 1 fully saturated rings. The molecular weight excluding hydrogens is 356 g/mol. The lowest BCUT2D eigenvalue weighted by Crippen LogP contribution is -2.42. The number of carbonyl (C=O) groups is 3. The Labute approximate surface area is 164 Å². The van der Waals surface area contributed by atoms with Gasteiger partial charge in [0.1, 0.15) is 0 Å². The maximum absolute atomic E-state index is 12.7. The fraction of sp³-hybridized carbons (Fsp3) is 0.318. The highest BCUT2D eigenvalue weighted by atomic mass is 16.4. The molecular formula is C22H23N2O4-. The van der Waals surface area contributed by atoms with Crippen molar-refractivity contribution in [2.24, 2.45) is 11.8 Å². The summed E-state index contributed by atoms with van der Waals surface area (Å²) in [5, 5.41) is 17.0. The molecule has 1 saturated carbocycles. The van der Waals surface area contributed by atoms with E-state index in [9.17, 15) is 19.5 Å². The molecule has 2 aromatic carbocycles. The van der Waals surface area contributed by atoms with Crippen molar-refractivity contribution < 1.29 is 19.5 Å². The lowest BCUT2D eigenvalue weighted by molar-refractivity contribution is -0.313. The van der Waals surface area contributed by atoms with Gasteiger partial charge in [-0.25, -0.2) is 0 Å². The van der Waals surface area contributed by atoms with Crippen molar-refractivity contribution in [1.82, 2.24) is 5.32 Å². The molecule has 0 unspecified atom stereocenters. The lowest BCUT2D eigenvalue weighted by Gasteiger charge is -2.31. The molecule has 2 aromatic rings. The standard InChI is InChI=1S/C22H24N2O4/c25-20(23-14-15-8-2-1-3-9-15)18-12-6-7-13-19(18)24-21(26)16-10-4-5-11-17(16)22(27)28/h1-3,6-9,12-13,16-17H,4-5,10-11,14H2,(H,23,25)(H,24,26)(H,27,28)/p-1/t16-,17+/m0/s1. The Morgan fingerprint density at radius 1 is 0.893 bits per heavy atom. The summed E-state index contributed by atoms with van der Waals surface area (Å²) in [5.74, 6) is -3.29. The van der Waals surface area contributed by atoms with Gasteiger partial charge < -0.3 is 20.5 Å². The van der Waals surface area contributed by atoms with E-state index in [1.165, 1.54) is 0 Å². The van der Waals surface area contributed by atoms with Gasteiger partial charge in [-0.05, 0) is 30.5 Å². The topological polar surface area (TPSA) is 98.3 Å². The molecule has 0 bridgehead atoms. The first kappa shape index (κ1) is 19.6. The summed E-state index contributed by atoms with van der Waals surface area (Å²) in [4.78, 5) is 36.7. The van der Waals surface area contributed by atoms with Crippen molar-refractivity contribution in [2.45, 2.75) is 32.2 Å². The van der Waals surface area contributed by atoms with E-state index < -0.39 is 17.8 Å². The smallest absolute Gasteiger partial charge is 0.253 e. The SMILES string of the molecule is O=C(NCc1ccccc1)c1ccccc1NC(=O)[C@H]1CCCC[C@H]1C(=O)[O-]. The molecule has 146 valence electrons. The summed E-state index contributed by atoms with van der Waals surface area (Å²) in [6.45, 7) is 0.372. The minimum Gasteiger partial charge on any atom is -0.550 e. The maximum atomic E-state index is 12.7. The molecule has 6 heteroatoms. The second kappa shape index (κ2) is 9.17. The number of carboxylic acid groups (broad SMARTS) is 1. The Balaban J connectivity index is 1.70. The van der Waals surface area contributed by atoms with Gasteiger partial charge in [-0.2, -0.15) is 0 Å². The van der Waals surface area contributed by atoms with E-state index in [1.807, 2.05) is 30.3 Å². The van der Waals surface area contributed by atoms with E-state index >= 15 is 0 Å². The summed E-state index contributed by atoms with van der Waals surface area (Å²) in [6.07, 6.45) is 2.54. The molecule has 2 N–H and O–H groups in total. The number of carbonyl (C=O) groups excluding carboxylic acids is 3. The number of carboxylic acids is 1. The van der Waals surface area contributed by atoms with Crippen LogP contribution < -0.4 is 15.7 Å². The van der Waals surface area contributed by atoms with Gasteiger partial charge >= 0.3 is 0 Å². The zero-order valence-electron chi connectivity index (χ0n) is 15.5. The van der Waals surface area contributed by atoms with Crippen molar-refractivity contribution in [3.05, 3.63) is 65.7 Å². The maximum Gasteiger partial charge on any atom is 0.253 e. The predicted octanol–water partition coefficient (Wildman–Crippen LogP) is 2.11. The van der Waals surface area contributed by atoms with Crippen LogP contribution in [0.5, 0.6) is 0 Å². The van der Waals surface area contributed by atoms with Gasteiger partial charge in [0.25, 0.3) is 5.91 Å². The lowest BCUT2D eigenvalue weighted by atomic mass is 9.78. The van der Waals surface area contributed by atoms with E-state index in [0.29, 0.717) is 30.6 Å². The third-order valence-electron chi connectivity index (χ3n) is 5.13. The van der Waals surface area contributed by atoms with Crippen molar-refractivity contribution in [2.75, 3.05) is 5.32 Å². The van der Waals surface area contributed by atoms with E-state index in [-0.39, 0.29) is 11.8 Å². The Morgan fingerprint density at radius 2 is 1.54 bits per heavy atom. The molecule has 1 aliphatic carbocycles. The summed E-state index contributed by atoms with van der Waals surface area (Å²) >= 11 is 0. The van der Waals surface area contributed by atoms with E-state index in [0.717, 1.165) is 18.4 Å². The van der Waals surface area contributed by atoms with Crippen molar-refractivity contribution >= 4 is 23.5 Å². The Kier molecular flexibility index (Phi) is 6.42. The Bertz CT molecular complexity index is 851. The first-order chi connectivity index (χ1) is 13.6. The van der Waals surface area contributed by atoms with Crippen molar-refractivity contribution in [3.8, 4) is 0 Å². The normalized spacial score (nSPS) is 18.9. The number of benzene rings is 2. The summed E-state index contributed by atoms with van der Waals surface area (Å²) < 4.78 is 0. The molecule has 0 aromatic heterocycles. The van der Waals surface area contributed by atoms with E-state index in [1.54, 1.807) is 24.3 Å². The zero-order chi connectivity index (χ0) is 19.9. The summed E-state index contributed by atoms with van der Waals surface area (Å²) in [6, 6.07) is 16.2. The van der Waals surface area contributed by atoms with Gasteiger partial charge in [-0.1, -0.05) is 55.3 Å². The largest absolute Gasteiger partial charge is 0.550 e. The molecule has 3 rings (SSSR count). The van der Waals surface area contributed by atoms with Gasteiger partial charge in [0.15, 0.2) is 0 Å². The zero-order valence-corrected chi connectivity index (χ0v) is 15.5. The number of hydrogen-bond donors (Lipinski definition) is 2. The van der Waals surface area contributed by atoms with Gasteiger partial charge in [0, 0.05) is 24.3 Å². The van der Waals surface area contributed by atoms with Crippen LogP contribution in [0.25, 0.3) is 0 Å². The van der Waals surface area contributed by atoms with Crippen LogP contribution in [0.3, 0.4) is 0 Å². The van der Waals surface area contributed by atoms with Crippen LogP contribution in [0.2, 0.25) is 0 Å².